The molecule has 13 heteroatoms. The minimum Gasteiger partial charge on any atom is -0.343 e. The third kappa shape index (κ3) is 6.25. The number of carbonyl (C=O) groups is 1. The van der Waals surface area contributed by atoms with Gasteiger partial charge in [0.25, 0.3) is 0 Å². The van der Waals surface area contributed by atoms with Crippen LogP contribution in [0.1, 0.15) is 28.1 Å². The molecule has 192 valence electrons. The van der Waals surface area contributed by atoms with E-state index in [-0.39, 0.29) is 19.2 Å². The lowest BCUT2D eigenvalue weighted by Gasteiger charge is -2.34. The fourth-order valence-corrected chi connectivity index (χ4v) is 4.40. The van der Waals surface area contributed by atoms with Crippen molar-refractivity contribution in [3.05, 3.63) is 70.5 Å². The molecule has 1 fully saturated rings. The number of hydrogen-bond donors (Lipinski definition) is 1. The minimum atomic E-state index is -4.99. The standard InChI is InChI=1S/C23H21F6N5OS/c1-14-2-4-15(5-3-14)10-19-31-21(36-32-19)34-8-6-33(7-9-34)20(35)30-18-12-16(22(24,25)26)11-17(13-18)23(27,28)29/h2-5,11-13H,6-10H2,1H3,(H,30,35). The third-order valence-electron chi connectivity index (χ3n) is 5.62. The van der Waals surface area contributed by atoms with Crippen molar-refractivity contribution in [3.63, 3.8) is 0 Å². The van der Waals surface area contributed by atoms with Crippen molar-refractivity contribution in [3.8, 4) is 0 Å². The first kappa shape index (κ1) is 25.7. The number of carbonyl (C=O) groups excluding carboxylic acids is 1. The van der Waals surface area contributed by atoms with Crippen LogP contribution in [0.15, 0.2) is 42.5 Å². The Kier molecular flexibility index (Phi) is 7.12. The van der Waals surface area contributed by atoms with Crippen LogP contribution in [0, 0.1) is 6.92 Å². The van der Waals surface area contributed by atoms with E-state index < -0.39 is 35.2 Å². The highest BCUT2D eigenvalue weighted by Crippen LogP contribution is 2.37. The van der Waals surface area contributed by atoms with E-state index in [4.69, 9.17) is 0 Å². The molecule has 0 saturated carbocycles. The molecule has 1 N–H and O–H groups in total. The van der Waals surface area contributed by atoms with Gasteiger partial charge in [-0.15, -0.1) is 0 Å². The van der Waals surface area contributed by atoms with Crippen LogP contribution in [0.3, 0.4) is 0 Å². The summed E-state index contributed by atoms with van der Waals surface area (Å²) in [6.07, 6.45) is -9.41. The second-order valence-corrected chi connectivity index (χ2v) is 9.08. The van der Waals surface area contributed by atoms with Crippen LogP contribution in [0.5, 0.6) is 0 Å². The van der Waals surface area contributed by atoms with E-state index in [0.717, 1.165) is 11.1 Å². The lowest BCUT2D eigenvalue weighted by Crippen LogP contribution is -2.50. The maximum atomic E-state index is 13.1. The maximum Gasteiger partial charge on any atom is 0.416 e. The number of hydrogen-bond acceptors (Lipinski definition) is 5. The molecule has 2 amide bonds. The summed E-state index contributed by atoms with van der Waals surface area (Å²) >= 11 is 1.23. The molecule has 6 nitrogen and oxygen atoms in total. The number of aryl methyl sites for hydroxylation is 1. The van der Waals surface area contributed by atoms with E-state index in [1.165, 1.54) is 16.4 Å². The normalized spacial score (nSPS) is 14.8. The Bertz CT molecular complexity index is 1180. The Morgan fingerprint density at radius 1 is 0.944 bits per heavy atom. The minimum absolute atomic E-state index is 0.0174. The zero-order chi connectivity index (χ0) is 26.1. The van der Waals surface area contributed by atoms with Crippen molar-refractivity contribution in [2.45, 2.75) is 25.7 Å². The van der Waals surface area contributed by atoms with Gasteiger partial charge in [0.2, 0.25) is 5.13 Å². The van der Waals surface area contributed by atoms with Gasteiger partial charge in [0.15, 0.2) is 0 Å². The van der Waals surface area contributed by atoms with Gasteiger partial charge in [-0.25, -0.2) is 9.78 Å². The number of rotatable bonds is 4. The Morgan fingerprint density at radius 3 is 2.08 bits per heavy atom. The number of amides is 2. The molecular formula is C23H21F6N5OS. The van der Waals surface area contributed by atoms with Crippen molar-refractivity contribution in [2.24, 2.45) is 0 Å². The van der Waals surface area contributed by atoms with Crippen LogP contribution in [-0.4, -0.2) is 46.5 Å². The van der Waals surface area contributed by atoms with Crippen molar-refractivity contribution in [2.75, 3.05) is 36.4 Å². The number of anilines is 2. The molecular weight excluding hydrogens is 508 g/mol. The number of alkyl halides is 6. The van der Waals surface area contributed by atoms with Crippen LogP contribution in [0.4, 0.5) is 42.0 Å². The average Bonchev–Trinajstić information content (AvgIpc) is 3.28. The molecule has 0 unspecified atom stereocenters. The number of piperazine rings is 1. The highest BCUT2D eigenvalue weighted by molar-refractivity contribution is 7.09. The van der Waals surface area contributed by atoms with Gasteiger partial charge in [-0.3, -0.25) is 0 Å². The van der Waals surface area contributed by atoms with Gasteiger partial charge in [-0.2, -0.15) is 30.7 Å². The molecule has 0 atom stereocenters. The zero-order valence-electron chi connectivity index (χ0n) is 19.0. The summed E-state index contributed by atoms with van der Waals surface area (Å²) in [6, 6.07) is 8.25. The Labute approximate surface area is 206 Å². The van der Waals surface area contributed by atoms with E-state index in [1.807, 2.05) is 36.1 Å². The fraction of sp³-hybridized carbons (Fsp3) is 0.348. The fourth-order valence-electron chi connectivity index (χ4n) is 3.66. The van der Waals surface area contributed by atoms with Crippen molar-refractivity contribution in [1.29, 1.82) is 0 Å². The Hall–Kier alpha value is -3.35. The first-order valence-corrected chi connectivity index (χ1v) is 11.6. The van der Waals surface area contributed by atoms with E-state index >= 15 is 0 Å². The largest absolute Gasteiger partial charge is 0.416 e. The monoisotopic (exact) mass is 529 g/mol. The molecule has 4 rings (SSSR count). The number of benzene rings is 2. The smallest absolute Gasteiger partial charge is 0.343 e. The van der Waals surface area contributed by atoms with E-state index in [0.29, 0.717) is 42.6 Å². The van der Waals surface area contributed by atoms with Crippen LogP contribution in [-0.2, 0) is 18.8 Å². The van der Waals surface area contributed by atoms with E-state index in [1.54, 1.807) is 0 Å². The number of halogens is 6. The average molecular weight is 530 g/mol. The molecule has 1 aromatic heterocycles. The van der Waals surface area contributed by atoms with Gasteiger partial charge in [-0.1, -0.05) is 29.8 Å². The van der Waals surface area contributed by atoms with Crippen LogP contribution in [0.2, 0.25) is 0 Å². The van der Waals surface area contributed by atoms with Crippen molar-refractivity contribution < 1.29 is 31.1 Å². The van der Waals surface area contributed by atoms with Gasteiger partial charge in [0.05, 0.1) is 11.1 Å². The van der Waals surface area contributed by atoms with E-state index in [2.05, 4.69) is 14.7 Å². The highest BCUT2D eigenvalue weighted by Gasteiger charge is 2.37. The van der Waals surface area contributed by atoms with Crippen LogP contribution in [0.25, 0.3) is 0 Å². The maximum absolute atomic E-state index is 13.1. The highest BCUT2D eigenvalue weighted by atomic mass is 32.1. The SMILES string of the molecule is Cc1ccc(Cc2nsc(N3CCN(C(=O)Nc4cc(C(F)(F)F)cc(C(F)(F)F)c4)CC3)n2)cc1. The van der Waals surface area contributed by atoms with Crippen LogP contribution >= 0.6 is 11.5 Å². The summed E-state index contributed by atoms with van der Waals surface area (Å²) in [5.74, 6) is 0.670. The molecule has 2 aromatic carbocycles. The molecule has 0 radical (unpaired) electrons. The summed E-state index contributed by atoms with van der Waals surface area (Å²) in [5.41, 5.74) is -1.32. The lowest BCUT2D eigenvalue weighted by atomic mass is 10.1. The molecule has 3 aromatic rings. The molecule has 0 bridgehead atoms. The predicted octanol–water partition coefficient (Wildman–Crippen LogP) is 5.83. The second-order valence-electron chi connectivity index (χ2n) is 8.35. The number of aromatic nitrogens is 2. The summed E-state index contributed by atoms with van der Waals surface area (Å²) < 4.78 is 82.8. The zero-order valence-corrected chi connectivity index (χ0v) is 19.8. The number of urea groups is 1. The van der Waals surface area contributed by atoms with Crippen molar-refractivity contribution in [1.82, 2.24) is 14.3 Å². The number of nitrogens with zero attached hydrogens (tertiary/aromatic N) is 4. The topological polar surface area (TPSA) is 61.4 Å². The van der Waals surface area contributed by atoms with E-state index in [9.17, 15) is 31.1 Å². The van der Waals surface area contributed by atoms with Gasteiger partial charge in [0.1, 0.15) is 5.82 Å². The predicted molar refractivity (Wildman–Crippen MR) is 123 cm³/mol. The van der Waals surface area contributed by atoms with Gasteiger partial charge in [0, 0.05) is 49.8 Å². The van der Waals surface area contributed by atoms with Gasteiger partial charge < -0.3 is 15.1 Å². The first-order valence-electron chi connectivity index (χ1n) is 10.9. The molecule has 1 aliphatic heterocycles. The molecule has 1 saturated heterocycles. The molecule has 1 aliphatic rings. The lowest BCUT2D eigenvalue weighted by molar-refractivity contribution is -0.143. The molecule has 2 heterocycles. The molecule has 36 heavy (non-hydrogen) atoms. The second kappa shape index (κ2) is 9.96. The summed E-state index contributed by atoms with van der Waals surface area (Å²) in [5, 5.41) is 2.85. The Morgan fingerprint density at radius 2 is 1.53 bits per heavy atom. The molecule has 0 spiro atoms. The first-order chi connectivity index (χ1) is 16.9. The number of nitrogens with one attached hydrogen (secondary N) is 1. The summed E-state index contributed by atoms with van der Waals surface area (Å²) in [6.45, 7) is 3.21. The summed E-state index contributed by atoms with van der Waals surface area (Å²) in [7, 11) is 0. The summed E-state index contributed by atoms with van der Waals surface area (Å²) in [4.78, 5) is 20.4. The molecule has 0 aliphatic carbocycles. The Balaban J connectivity index is 1.37. The third-order valence-corrected chi connectivity index (χ3v) is 6.43. The van der Waals surface area contributed by atoms with Crippen LogP contribution < -0.4 is 10.2 Å². The van der Waals surface area contributed by atoms with Gasteiger partial charge in [-0.05, 0) is 30.7 Å². The quantitative estimate of drug-likeness (QED) is 0.432. The van der Waals surface area contributed by atoms with Gasteiger partial charge >= 0.3 is 18.4 Å². The van der Waals surface area contributed by atoms with Crippen molar-refractivity contribution >= 4 is 28.4 Å².